The molecule has 156 valence electrons. The van der Waals surface area contributed by atoms with Crippen LogP contribution in [0.1, 0.15) is 25.8 Å². The molecule has 10 heteroatoms. The number of hydrogen-bond donors (Lipinski definition) is 1. The number of ether oxygens (including phenoxy) is 1. The van der Waals surface area contributed by atoms with Crippen LogP contribution in [0.25, 0.3) is 0 Å². The molecule has 1 saturated heterocycles. The standard InChI is InChI=1S/C19H21IN2O6S/c1-10(20)9-29-15-7-14-16(11(2)23)18(24)21(14)17(15)19(25)28-8-12-3-5-13(6-4-12)22(26)27/h3-6,10-11,14,16,23H,7-9H2,1-2H3/t10?,11-,14?,16?/m1/s1. The molecule has 0 aromatic heterocycles. The number of hydrogen-bond acceptors (Lipinski definition) is 7. The second-order valence-corrected chi connectivity index (χ2v) is 10.4. The maximum Gasteiger partial charge on any atom is 0.356 e. The van der Waals surface area contributed by atoms with Gasteiger partial charge < -0.3 is 14.7 Å². The molecule has 0 radical (unpaired) electrons. The van der Waals surface area contributed by atoms with Crippen molar-refractivity contribution in [1.29, 1.82) is 0 Å². The van der Waals surface area contributed by atoms with Gasteiger partial charge in [-0.3, -0.25) is 14.9 Å². The van der Waals surface area contributed by atoms with Crippen molar-refractivity contribution in [2.45, 2.75) is 42.9 Å². The molecule has 1 N–H and O–H groups in total. The normalized spacial score (nSPS) is 22.8. The highest BCUT2D eigenvalue weighted by Crippen LogP contribution is 2.47. The number of β-lactam (4-membered cyclic amide) rings is 1. The quantitative estimate of drug-likeness (QED) is 0.137. The number of halogens is 1. The second-order valence-electron chi connectivity index (χ2n) is 7.11. The summed E-state index contributed by atoms with van der Waals surface area (Å²) in [5, 5.41) is 20.6. The first-order valence-corrected chi connectivity index (χ1v) is 11.4. The number of amides is 1. The number of alkyl halides is 1. The molecule has 1 amide bonds. The van der Waals surface area contributed by atoms with Crippen LogP contribution in [0.5, 0.6) is 0 Å². The number of thioether (sulfide) groups is 1. The molecule has 0 bridgehead atoms. The number of aliphatic hydroxyl groups is 1. The van der Waals surface area contributed by atoms with Crippen molar-refractivity contribution in [3.8, 4) is 0 Å². The maximum atomic E-state index is 12.8. The molecular formula is C19H21IN2O6S. The Morgan fingerprint density at radius 1 is 1.41 bits per heavy atom. The molecule has 2 aliphatic rings. The zero-order valence-corrected chi connectivity index (χ0v) is 18.9. The van der Waals surface area contributed by atoms with E-state index in [-0.39, 0.29) is 29.9 Å². The zero-order valence-electron chi connectivity index (χ0n) is 15.9. The van der Waals surface area contributed by atoms with Crippen molar-refractivity contribution in [2.24, 2.45) is 5.92 Å². The van der Waals surface area contributed by atoms with Gasteiger partial charge in [-0.2, -0.15) is 0 Å². The molecule has 0 saturated carbocycles. The van der Waals surface area contributed by atoms with Crippen LogP contribution in [0.2, 0.25) is 0 Å². The van der Waals surface area contributed by atoms with Crippen LogP contribution >= 0.6 is 34.4 Å². The van der Waals surface area contributed by atoms with Crippen molar-refractivity contribution in [3.63, 3.8) is 0 Å². The molecule has 4 atom stereocenters. The number of rotatable bonds is 8. The fourth-order valence-corrected chi connectivity index (χ4v) is 5.07. The van der Waals surface area contributed by atoms with E-state index in [1.807, 2.05) is 0 Å². The fourth-order valence-electron chi connectivity index (χ4n) is 3.50. The van der Waals surface area contributed by atoms with Gasteiger partial charge in [-0.25, -0.2) is 4.79 Å². The topological polar surface area (TPSA) is 110 Å². The molecule has 3 rings (SSSR count). The van der Waals surface area contributed by atoms with Gasteiger partial charge in [0.15, 0.2) is 0 Å². The van der Waals surface area contributed by atoms with Crippen molar-refractivity contribution in [1.82, 2.24) is 4.90 Å². The van der Waals surface area contributed by atoms with Crippen LogP contribution in [-0.2, 0) is 20.9 Å². The van der Waals surface area contributed by atoms with Gasteiger partial charge in [-0.05, 0) is 24.6 Å². The molecule has 8 nitrogen and oxygen atoms in total. The SMILES string of the molecule is CC(I)CSC1=C(C(=O)OCc2ccc([N+](=O)[O-])cc2)N2C(=O)C([C@@H](C)O)C2C1. The van der Waals surface area contributed by atoms with Gasteiger partial charge in [0.05, 0.1) is 23.0 Å². The smallest absolute Gasteiger partial charge is 0.356 e. The highest BCUT2D eigenvalue weighted by atomic mass is 127. The third kappa shape index (κ3) is 4.58. The molecular weight excluding hydrogens is 511 g/mol. The Morgan fingerprint density at radius 2 is 2.07 bits per heavy atom. The minimum absolute atomic E-state index is 0.0386. The molecule has 0 spiro atoms. The Labute approximate surface area is 186 Å². The summed E-state index contributed by atoms with van der Waals surface area (Å²) in [6.07, 6.45) is -0.230. The summed E-state index contributed by atoms with van der Waals surface area (Å²) in [6, 6.07) is 5.55. The number of carbonyl (C=O) groups excluding carboxylic acids is 2. The van der Waals surface area contributed by atoms with E-state index in [1.54, 1.807) is 6.92 Å². The summed E-state index contributed by atoms with van der Waals surface area (Å²) in [6.45, 7) is 3.60. The van der Waals surface area contributed by atoms with Gasteiger partial charge in [0.2, 0.25) is 5.91 Å². The van der Waals surface area contributed by atoms with Crippen molar-refractivity contribution >= 4 is 51.9 Å². The van der Waals surface area contributed by atoms with Gasteiger partial charge in [0, 0.05) is 33.1 Å². The van der Waals surface area contributed by atoms with Crippen molar-refractivity contribution in [3.05, 3.63) is 50.5 Å². The van der Waals surface area contributed by atoms with E-state index in [4.69, 9.17) is 4.74 Å². The molecule has 2 heterocycles. The van der Waals surface area contributed by atoms with E-state index in [0.29, 0.717) is 15.9 Å². The largest absolute Gasteiger partial charge is 0.456 e. The number of nitro benzene ring substituents is 1. The van der Waals surface area contributed by atoms with Gasteiger partial charge in [0.1, 0.15) is 12.3 Å². The molecule has 0 aliphatic carbocycles. The second kappa shape index (κ2) is 9.00. The number of nitrogens with zero attached hydrogens (tertiary/aromatic N) is 2. The third-order valence-corrected chi connectivity index (χ3v) is 7.30. The Hall–Kier alpha value is -1.66. The molecule has 1 fully saturated rings. The van der Waals surface area contributed by atoms with Crippen LogP contribution in [0, 0.1) is 16.0 Å². The molecule has 1 aromatic rings. The van der Waals surface area contributed by atoms with Crippen molar-refractivity contribution < 1.29 is 24.4 Å². The summed E-state index contributed by atoms with van der Waals surface area (Å²) in [5.74, 6) is -0.553. The predicted octanol–water partition coefficient (Wildman–Crippen LogP) is 3.02. The minimum Gasteiger partial charge on any atom is -0.456 e. The molecule has 29 heavy (non-hydrogen) atoms. The molecule has 2 aliphatic heterocycles. The predicted molar refractivity (Wildman–Crippen MR) is 116 cm³/mol. The minimum atomic E-state index is -0.769. The summed E-state index contributed by atoms with van der Waals surface area (Å²) in [4.78, 5) is 37.8. The van der Waals surface area contributed by atoms with Gasteiger partial charge in [-0.15, -0.1) is 11.8 Å². The Morgan fingerprint density at radius 3 is 2.62 bits per heavy atom. The van der Waals surface area contributed by atoms with Crippen LogP contribution in [0.4, 0.5) is 5.69 Å². The molecule has 3 unspecified atom stereocenters. The van der Waals surface area contributed by atoms with Gasteiger partial charge >= 0.3 is 5.97 Å². The number of aliphatic hydroxyl groups excluding tert-OH is 1. The highest BCUT2D eigenvalue weighted by molar-refractivity contribution is 14.1. The summed E-state index contributed by atoms with van der Waals surface area (Å²) in [7, 11) is 0. The number of carbonyl (C=O) groups is 2. The zero-order chi connectivity index (χ0) is 21.3. The number of non-ortho nitro benzene ring substituents is 1. The van der Waals surface area contributed by atoms with E-state index >= 15 is 0 Å². The van der Waals surface area contributed by atoms with E-state index < -0.39 is 22.9 Å². The van der Waals surface area contributed by atoms with Crippen LogP contribution in [0.3, 0.4) is 0 Å². The van der Waals surface area contributed by atoms with Crippen LogP contribution in [-0.4, -0.2) is 48.6 Å². The Bertz CT molecular complexity index is 855. The first kappa shape index (κ1) is 22.0. The number of benzene rings is 1. The van der Waals surface area contributed by atoms with Gasteiger partial charge in [-0.1, -0.05) is 29.5 Å². The summed E-state index contributed by atoms with van der Waals surface area (Å²) >= 11 is 3.84. The number of esters is 1. The van der Waals surface area contributed by atoms with E-state index in [9.17, 15) is 24.8 Å². The lowest BCUT2D eigenvalue weighted by Gasteiger charge is -2.44. The number of nitro groups is 1. The maximum absolute atomic E-state index is 12.8. The van der Waals surface area contributed by atoms with Crippen LogP contribution < -0.4 is 0 Å². The fraction of sp³-hybridized carbons (Fsp3) is 0.474. The Balaban J connectivity index is 1.73. The highest BCUT2D eigenvalue weighted by Gasteiger charge is 2.57. The average Bonchev–Trinajstić information content (AvgIpc) is 2.98. The average molecular weight is 532 g/mol. The first-order valence-electron chi connectivity index (χ1n) is 9.12. The lowest BCUT2D eigenvalue weighted by atomic mass is 9.83. The monoisotopic (exact) mass is 532 g/mol. The lowest BCUT2D eigenvalue weighted by Crippen LogP contribution is -2.61. The van der Waals surface area contributed by atoms with Crippen molar-refractivity contribution in [2.75, 3.05) is 5.75 Å². The van der Waals surface area contributed by atoms with E-state index in [0.717, 1.165) is 10.7 Å². The summed E-state index contributed by atoms with van der Waals surface area (Å²) < 4.78 is 5.80. The first-order chi connectivity index (χ1) is 13.7. The summed E-state index contributed by atoms with van der Waals surface area (Å²) in [5.41, 5.74) is 0.843. The van der Waals surface area contributed by atoms with E-state index in [1.165, 1.54) is 40.9 Å². The lowest BCUT2D eigenvalue weighted by molar-refractivity contribution is -0.384. The Kier molecular flexibility index (Phi) is 6.84. The number of fused-ring (bicyclic) bond motifs is 1. The van der Waals surface area contributed by atoms with Crippen LogP contribution in [0.15, 0.2) is 34.9 Å². The third-order valence-electron chi connectivity index (χ3n) is 4.89. The molecule has 1 aromatic carbocycles. The van der Waals surface area contributed by atoms with Gasteiger partial charge in [0.25, 0.3) is 5.69 Å². The van der Waals surface area contributed by atoms with E-state index in [2.05, 4.69) is 29.5 Å².